The molecule has 2 aromatic carbocycles. The van der Waals surface area contributed by atoms with Crippen LogP contribution >= 0.6 is 11.6 Å². The van der Waals surface area contributed by atoms with Crippen molar-refractivity contribution in [1.29, 1.82) is 0 Å². The molecular formula is C16H14ClNO. The van der Waals surface area contributed by atoms with E-state index in [1.165, 1.54) is 18.4 Å². The molecule has 2 nitrogen and oxygen atoms in total. The summed E-state index contributed by atoms with van der Waals surface area (Å²) in [5, 5.41) is 4.05. The summed E-state index contributed by atoms with van der Waals surface area (Å²) >= 11 is 6.41. The molecule has 0 radical (unpaired) electrons. The lowest BCUT2D eigenvalue weighted by atomic mass is 10.0. The Kier molecular flexibility index (Phi) is 2.38. The van der Waals surface area contributed by atoms with Gasteiger partial charge < -0.3 is 10.2 Å². The van der Waals surface area contributed by atoms with Gasteiger partial charge in [0.1, 0.15) is 11.3 Å². The molecule has 3 heteroatoms. The Morgan fingerprint density at radius 3 is 2.58 bits per heavy atom. The monoisotopic (exact) mass is 271 g/mol. The third-order valence-electron chi connectivity index (χ3n) is 3.93. The number of furan rings is 1. The summed E-state index contributed by atoms with van der Waals surface area (Å²) in [6, 6.07) is 10.1. The van der Waals surface area contributed by atoms with E-state index in [0.717, 1.165) is 32.5 Å². The second-order valence-electron chi connectivity index (χ2n) is 5.20. The molecule has 1 aliphatic carbocycles. The normalized spacial score (nSPS) is 15.5. The molecule has 0 aliphatic heterocycles. The zero-order valence-corrected chi connectivity index (χ0v) is 11.2. The van der Waals surface area contributed by atoms with Crippen molar-refractivity contribution in [2.75, 3.05) is 0 Å². The molecule has 0 unspecified atom stereocenters. The van der Waals surface area contributed by atoms with E-state index >= 15 is 0 Å². The molecule has 1 heterocycles. The van der Waals surface area contributed by atoms with Crippen LogP contribution in [-0.4, -0.2) is 0 Å². The van der Waals surface area contributed by atoms with E-state index in [4.69, 9.17) is 21.8 Å². The minimum absolute atomic E-state index is 0.451. The maximum absolute atomic E-state index is 6.41. The van der Waals surface area contributed by atoms with E-state index in [9.17, 15) is 0 Å². The highest BCUT2D eigenvalue weighted by molar-refractivity contribution is 6.37. The second kappa shape index (κ2) is 3.99. The second-order valence-corrected chi connectivity index (χ2v) is 5.61. The van der Waals surface area contributed by atoms with Crippen molar-refractivity contribution >= 4 is 33.3 Å². The molecule has 1 aliphatic rings. The van der Waals surface area contributed by atoms with E-state index in [1.54, 1.807) is 0 Å². The molecule has 0 spiro atoms. The maximum Gasteiger partial charge on any atom is 0.142 e. The summed E-state index contributed by atoms with van der Waals surface area (Å²) in [4.78, 5) is 0. The van der Waals surface area contributed by atoms with Gasteiger partial charge in [-0.25, -0.2) is 0 Å². The van der Waals surface area contributed by atoms with Crippen LogP contribution in [-0.2, 0) is 6.54 Å². The summed E-state index contributed by atoms with van der Waals surface area (Å²) in [5.41, 5.74) is 8.05. The molecule has 3 aromatic rings. The minimum atomic E-state index is 0.451. The average Bonchev–Trinajstić information content (AvgIpc) is 3.20. The zero-order valence-electron chi connectivity index (χ0n) is 10.4. The van der Waals surface area contributed by atoms with Crippen LogP contribution in [0.3, 0.4) is 0 Å². The Bertz CT molecular complexity index is 786. The van der Waals surface area contributed by atoms with Crippen LogP contribution in [0.15, 0.2) is 34.7 Å². The first kappa shape index (κ1) is 11.3. The van der Waals surface area contributed by atoms with Gasteiger partial charge in [-0.3, -0.25) is 0 Å². The molecule has 1 saturated carbocycles. The lowest BCUT2D eigenvalue weighted by molar-refractivity contribution is 0.548. The molecule has 0 amide bonds. The Morgan fingerprint density at radius 1 is 1.16 bits per heavy atom. The van der Waals surface area contributed by atoms with Crippen molar-refractivity contribution in [2.24, 2.45) is 5.73 Å². The lowest BCUT2D eigenvalue weighted by Crippen LogP contribution is -1.97. The third-order valence-corrected chi connectivity index (χ3v) is 4.24. The van der Waals surface area contributed by atoms with E-state index in [1.807, 2.05) is 24.3 Å². The van der Waals surface area contributed by atoms with Crippen LogP contribution in [0.5, 0.6) is 0 Å². The van der Waals surface area contributed by atoms with Gasteiger partial charge >= 0.3 is 0 Å². The first-order chi connectivity index (χ1) is 9.29. The van der Waals surface area contributed by atoms with Crippen LogP contribution < -0.4 is 5.73 Å². The van der Waals surface area contributed by atoms with Crippen LogP contribution in [0.25, 0.3) is 21.7 Å². The van der Waals surface area contributed by atoms with Gasteiger partial charge in [0.2, 0.25) is 0 Å². The van der Waals surface area contributed by atoms with E-state index < -0.39 is 0 Å². The maximum atomic E-state index is 6.41. The standard InChI is InChI=1S/C16H14ClNO/c17-13-7-12-15(9-5-6-9)14(8-18)19-16(12)11-4-2-1-3-10(11)13/h1-4,7,9H,5-6,8,18H2. The smallest absolute Gasteiger partial charge is 0.142 e. The number of halogens is 1. The number of fused-ring (bicyclic) bond motifs is 3. The molecular weight excluding hydrogens is 258 g/mol. The Hall–Kier alpha value is -1.51. The van der Waals surface area contributed by atoms with Crippen LogP contribution in [0.2, 0.25) is 5.02 Å². The summed E-state index contributed by atoms with van der Waals surface area (Å²) in [6.45, 7) is 0.451. The van der Waals surface area contributed by atoms with Crippen molar-refractivity contribution in [3.63, 3.8) is 0 Å². The highest BCUT2D eigenvalue weighted by Gasteiger charge is 2.31. The van der Waals surface area contributed by atoms with Crippen molar-refractivity contribution in [1.82, 2.24) is 0 Å². The zero-order chi connectivity index (χ0) is 13.0. The largest absolute Gasteiger partial charge is 0.459 e. The van der Waals surface area contributed by atoms with Gasteiger partial charge in [-0.05, 0) is 24.8 Å². The highest BCUT2D eigenvalue weighted by atomic mass is 35.5. The summed E-state index contributed by atoms with van der Waals surface area (Å²) in [7, 11) is 0. The Morgan fingerprint density at radius 2 is 1.89 bits per heavy atom. The van der Waals surface area contributed by atoms with E-state index in [-0.39, 0.29) is 0 Å². The topological polar surface area (TPSA) is 39.2 Å². The van der Waals surface area contributed by atoms with Crippen molar-refractivity contribution < 1.29 is 4.42 Å². The quantitative estimate of drug-likeness (QED) is 0.741. The van der Waals surface area contributed by atoms with Crippen LogP contribution in [0.1, 0.15) is 30.1 Å². The Balaban J connectivity index is 2.17. The molecule has 0 atom stereocenters. The van der Waals surface area contributed by atoms with Gasteiger partial charge in [-0.1, -0.05) is 35.9 Å². The van der Waals surface area contributed by atoms with Gasteiger partial charge in [0.25, 0.3) is 0 Å². The average molecular weight is 272 g/mol. The SMILES string of the molecule is NCc1oc2c(cc(Cl)c3ccccc32)c1C1CC1. The first-order valence-electron chi connectivity index (χ1n) is 6.62. The van der Waals surface area contributed by atoms with E-state index in [0.29, 0.717) is 12.5 Å². The van der Waals surface area contributed by atoms with E-state index in [2.05, 4.69) is 6.07 Å². The fourth-order valence-corrected chi connectivity index (χ4v) is 3.19. The predicted octanol–water partition coefficient (Wildman–Crippen LogP) is 4.58. The summed E-state index contributed by atoms with van der Waals surface area (Å²) in [5.74, 6) is 1.53. The number of hydrogen-bond donors (Lipinski definition) is 1. The van der Waals surface area contributed by atoms with Crippen molar-refractivity contribution in [3.05, 3.63) is 46.7 Å². The Labute approximate surface area is 116 Å². The number of hydrogen-bond acceptors (Lipinski definition) is 2. The molecule has 2 N–H and O–H groups in total. The first-order valence-corrected chi connectivity index (χ1v) is 7.00. The molecule has 0 bridgehead atoms. The van der Waals surface area contributed by atoms with Gasteiger partial charge in [-0.2, -0.15) is 0 Å². The van der Waals surface area contributed by atoms with Crippen LogP contribution in [0.4, 0.5) is 0 Å². The number of benzene rings is 2. The summed E-state index contributed by atoms with van der Waals surface area (Å²) < 4.78 is 6.03. The van der Waals surface area contributed by atoms with Crippen molar-refractivity contribution in [2.45, 2.75) is 25.3 Å². The lowest BCUT2D eigenvalue weighted by Gasteiger charge is -2.02. The molecule has 1 aromatic heterocycles. The molecule has 1 fully saturated rings. The highest BCUT2D eigenvalue weighted by Crippen LogP contribution is 2.48. The minimum Gasteiger partial charge on any atom is -0.459 e. The van der Waals surface area contributed by atoms with Gasteiger partial charge in [0, 0.05) is 26.7 Å². The van der Waals surface area contributed by atoms with Gasteiger partial charge in [0.05, 0.1) is 6.54 Å². The fourth-order valence-electron chi connectivity index (χ4n) is 2.91. The molecule has 96 valence electrons. The predicted molar refractivity (Wildman–Crippen MR) is 78.6 cm³/mol. The van der Waals surface area contributed by atoms with Gasteiger partial charge in [0.15, 0.2) is 0 Å². The van der Waals surface area contributed by atoms with Crippen molar-refractivity contribution in [3.8, 4) is 0 Å². The number of rotatable bonds is 2. The van der Waals surface area contributed by atoms with Gasteiger partial charge in [-0.15, -0.1) is 0 Å². The number of nitrogens with two attached hydrogens (primary N) is 1. The molecule has 0 saturated heterocycles. The molecule has 19 heavy (non-hydrogen) atoms. The third kappa shape index (κ3) is 1.60. The molecule has 4 rings (SSSR count). The van der Waals surface area contributed by atoms with Crippen LogP contribution in [0, 0.1) is 0 Å². The fraction of sp³-hybridized carbons (Fsp3) is 0.250. The summed E-state index contributed by atoms with van der Waals surface area (Å²) in [6.07, 6.45) is 2.46.